The number of rotatable bonds is 5. The molecule has 3 aromatic rings. The third-order valence-corrected chi connectivity index (χ3v) is 3.78. The molecule has 0 fully saturated rings. The standard InChI is InChI=1S/C19H16FNO3/c20-14-6-4-13(5-7-14)18-10-8-15(9-11-19(23)24)21(18)16-2-1-3-17(22)12-16/h1-8,10,12,22H,9,11H2,(H,23,24). The number of halogens is 1. The van der Waals surface area contributed by atoms with Crippen LogP contribution in [0.5, 0.6) is 5.75 Å². The second-order valence-electron chi connectivity index (χ2n) is 5.47. The zero-order chi connectivity index (χ0) is 17.1. The summed E-state index contributed by atoms with van der Waals surface area (Å²) < 4.78 is 15.1. The first-order chi connectivity index (χ1) is 11.5. The van der Waals surface area contributed by atoms with E-state index in [1.807, 2.05) is 22.8 Å². The highest BCUT2D eigenvalue weighted by atomic mass is 19.1. The Morgan fingerprint density at radius 1 is 1.04 bits per heavy atom. The van der Waals surface area contributed by atoms with Gasteiger partial charge in [0.25, 0.3) is 0 Å². The van der Waals surface area contributed by atoms with Crippen LogP contribution < -0.4 is 0 Å². The van der Waals surface area contributed by atoms with Gasteiger partial charge in [0.2, 0.25) is 0 Å². The summed E-state index contributed by atoms with van der Waals surface area (Å²) in [7, 11) is 0. The largest absolute Gasteiger partial charge is 0.508 e. The molecule has 0 radical (unpaired) electrons. The molecule has 0 aliphatic rings. The van der Waals surface area contributed by atoms with Gasteiger partial charge in [-0.05, 0) is 60.5 Å². The van der Waals surface area contributed by atoms with Crippen LogP contribution in [0.15, 0.2) is 60.7 Å². The number of carbonyl (C=O) groups is 1. The minimum atomic E-state index is -0.873. The number of carboxylic acid groups (broad SMARTS) is 1. The summed E-state index contributed by atoms with van der Waals surface area (Å²) in [6.07, 6.45) is 0.359. The summed E-state index contributed by atoms with van der Waals surface area (Å²) in [4.78, 5) is 10.9. The van der Waals surface area contributed by atoms with Crippen molar-refractivity contribution in [3.63, 3.8) is 0 Å². The van der Waals surface area contributed by atoms with Crippen LogP contribution in [0, 0.1) is 5.82 Å². The van der Waals surface area contributed by atoms with E-state index in [4.69, 9.17) is 5.11 Å². The van der Waals surface area contributed by atoms with E-state index in [9.17, 15) is 14.3 Å². The summed E-state index contributed by atoms with van der Waals surface area (Å²) in [5, 5.41) is 18.7. The monoisotopic (exact) mass is 325 g/mol. The summed E-state index contributed by atoms with van der Waals surface area (Å²) in [5.41, 5.74) is 3.14. The van der Waals surface area contributed by atoms with E-state index in [1.54, 1.807) is 30.3 Å². The molecule has 0 aliphatic heterocycles. The van der Waals surface area contributed by atoms with Crippen molar-refractivity contribution in [1.82, 2.24) is 4.57 Å². The van der Waals surface area contributed by atoms with Gasteiger partial charge in [0, 0.05) is 17.4 Å². The molecule has 0 saturated carbocycles. The van der Waals surface area contributed by atoms with Gasteiger partial charge >= 0.3 is 5.97 Å². The highest BCUT2D eigenvalue weighted by Gasteiger charge is 2.13. The fourth-order valence-electron chi connectivity index (χ4n) is 2.69. The van der Waals surface area contributed by atoms with Crippen molar-refractivity contribution in [3.8, 4) is 22.7 Å². The maximum atomic E-state index is 13.2. The van der Waals surface area contributed by atoms with Gasteiger partial charge in [-0.1, -0.05) is 6.07 Å². The molecule has 0 saturated heterocycles. The van der Waals surface area contributed by atoms with Crippen molar-refractivity contribution >= 4 is 5.97 Å². The number of hydrogen-bond donors (Lipinski definition) is 2. The molecule has 0 atom stereocenters. The summed E-state index contributed by atoms with van der Waals surface area (Å²) in [6.45, 7) is 0. The third kappa shape index (κ3) is 3.30. The molecule has 0 spiro atoms. The number of aliphatic carboxylic acids is 1. The molecule has 0 aliphatic carbocycles. The number of carboxylic acids is 1. The number of aryl methyl sites for hydroxylation is 1. The first kappa shape index (κ1) is 15.8. The number of benzene rings is 2. The normalized spacial score (nSPS) is 10.7. The average molecular weight is 325 g/mol. The van der Waals surface area contributed by atoms with E-state index in [0.29, 0.717) is 6.42 Å². The third-order valence-electron chi connectivity index (χ3n) is 3.78. The number of phenols is 1. The van der Waals surface area contributed by atoms with Gasteiger partial charge in [0.1, 0.15) is 11.6 Å². The van der Waals surface area contributed by atoms with E-state index in [2.05, 4.69) is 0 Å². The Morgan fingerprint density at radius 3 is 2.46 bits per heavy atom. The SMILES string of the molecule is O=C(O)CCc1ccc(-c2ccc(F)cc2)n1-c1cccc(O)c1. The fourth-order valence-corrected chi connectivity index (χ4v) is 2.69. The van der Waals surface area contributed by atoms with E-state index < -0.39 is 5.97 Å². The van der Waals surface area contributed by atoms with Gasteiger partial charge in [0.05, 0.1) is 12.1 Å². The van der Waals surface area contributed by atoms with Gasteiger partial charge in [-0.3, -0.25) is 4.79 Å². The lowest BCUT2D eigenvalue weighted by molar-refractivity contribution is -0.136. The molecule has 1 aromatic heterocycles. The molecule has 2 N–H and O–H groups in total. The van der Waals surface area contributed by atoms with Gasteiger partial charge < -0.3 is 14.8 Å². The maximum Gasteiger partial charge on any atom is 0.303 e. The molecular formula is C19H16FNO3. The Bertz CT molecular complexity index is 869. The van der Waals surface area contributed by atoms with Gasteiger partial charge in [-0.25, -0.2) is 4.39 Å². The minimum absolute atomic E-state index is 0.00564. The molecule has 1 heterocycles. The number of aromatic hydroxyl groups is 1. The molecular weight excluding hydrogens is 309 g/mol. The lowest BCUT2D eigenvalue weighted by Gasteiger charge is -2.14. The van der Waals surface area contributed by atoms with Crippen molar-refractivity contribution in [1.29, 1.82) is 0 Å². The number of aromatic nitrogens is 1. The molecule has 0 unspecified atom stereocenters. The van der Waals surface area contributed by atoms with Gasteiger partial charge in [-0.15, -0.1) is 0 Å². The summed E-state index contributed by atoms with van der Waals surface area (Å²) in [6, 6.07) is 16.6. The molecule has 0 amide bonds. The van der Waals surface area contributed by atoms with Crippen molar-refractivity contribution in [2.45, 2.75) is 12.8 Å². The molecule has 0 bridgehead atoms. The molecule has 5 heteroatoms. The quantitative estimate of drug-likeness (QED) is 0.745. The topological polar surface area (TPSA) is 62.5 Å². The van der Waals surface area contributed by atoms with Crippen LogP contribution in [0.4, 0.5) is 4.39 Å². The Balaban J connectivity index is 2.12. The number of phenolic OH excluding ortho intramolecular Hbond substituents is 1. The Labute approximate surface area is 138 Å². The Hall–Kier alpha value is -3.08. The van der Waals surface area contributed by atoms with Crippen molar-refractivity contribution in [2.75, 3.05) is 0 Å². The van der Waals surface area contributed by atoms with Crippen LogP contribution in [-0.4, -0.2) is 20.7 Å². The highest BCUT2D eigenvalue weighted by molar-refractivity contribution is 5.68. The predicted octanol–water partition coefficient (Wildman–Crippen LogP) is 4.01. The highest BCUT2D eigenvalue weighted by Crippen LogP contribution is 2.29. The van der Waals surface area contributed by atoms with Crippen LogP contribution in [0.3, 0.4) is 0 Å². The van der Waals surface area contributed by atoms with Crippen molar-refractivity contribution < 1.29 is 19.4 Å². The van der Waals surface area contributed by atoms with E-state index in [1.165, 1.54) is 12.1 Å². The molecule has 122 valence electrons. The zero-order valence-corrected chi connectivity index (χ0v) is 12.8. The second-order valence-corrected chi connectivity index (χ2v) is 5.47. The number of nitrogens with zero attached hydrogens (tertiary/aromatic N) is 1. The van der Waals surface area contributed by atoms with Gasteiger partial charge in [0.15, 0.2) is 0 Å². The second kappa shape index (κ2) is 6.58. The first-order valence-electron chi connectivity index (χ1n) is 7.52. The fraction of sp³-hybridized carbons (Fsp3) is 0.105. The van der Waals surface area contributed by atoms with E-state index in [-0.39, 0.29) is 18.0 Å². The lowest BCUT2D eigenvalue weighted by atomic mass is 10.1. The van der Waals surface area contributed by atoms with Crippen LogP contribution in [-0.2, 0) is 11.2 Å². The summed E-state index contributed by atoms with van der Waals surface area (Å²) >= 11 is 0. The maximum absolute atomic E-state index is 13.2. The zero-order valence-electron chi connectivity index (χ0n) is 12.8. The molecule has 2 aromatic carbocycles. The van der Waals surface area contributed by atoms with Crippen LogP contribution in [0.25, 0.3) is 16.9 Å². The smallest absolute Gasteiger partial charge is 0.303 e. The summed E-state index contributed by atoms with van der Waals surface area (Å²) in [5.74, 6) is -1.07. The van der Waals surface area contributed by atoms with Crippen molar-refractivity contribution in [3.05, 3.63) is 72.2 Å². The van der Waals surface area contributed by atoms with E-state index >= 15 is 0 Å². The average Bonchev–Trinajstić information content (AvgIpc) is 2.97. The van der Waals surface area contributed by atoms with E-state index in [0.717, 1.165) is 22.6 Å². The Morgan fingerprint density at radius 2 is 1.79 bits per heavy atom. The van der Waals surface area contributed by atoms with Crippen LogP contribution in [0.2, 0.25) is 0 Å². The molecule has 4 nitrogen and oxygen atoms in total. The lowest BCUT2D eigenvalue weighted by Crippen LogP contribution is -2.05. The first-order valence-corrected chi connectivity index (χ1v) is 7.52. The Kier molecular flexibility index (Phi) is 4.33. The van der Waals surface area contributed by atoms with Crippen LogP contribution >= 0.6 is 0 Å². The molecule has 3 rings (SSSR count). The minimum Gasteiger partial charge on any atom is -0.508 e. The molecule has 24 heavy (non-hydrogen) atoms. The van der Waals surface area contributed by atoms with Gasteiger partial charge in [-0.2, -0.15) is 0 Å². The van der Waals surface area contributed by atoms with Crippen LogP contribution in [0.1, 0.15) is 12.1 Å². The number of hydrogen-bond acceptors (Lipinski definition) is 2. The van der Waals surface area contributed by atoms with Crippen molar-refractivity contribution in [2.24, 2.45) is 0 Å². The predicted molar refractivity (Wildman–Crippen MR) is 88.8 cm³/mol.